The van der Waals surface area contributed by atoms with E-state index >= 15 is 0 Å². The van der Waals surface area contributed by atoms with Gasteiger partial charge in [-0.25, -0.2) is 0 Å². The SMILES string of the molecule is CN1CCC[C@H]1COc1nc2c(c(N3CC4CC(C3)N4)n1)CCC1(CCc3ccccc31)C2. The summed E-state index contributed by atoms with van der Waals surface area (Å²) in [6.45, 7) is 3.96. The fourth-order valence-electron chi connectivity index (χ4n) is 7.25. The molecule has 4 aliphatic heterocycles. The lowest BCUT2D eigenvalue weighted by Gasteiger charge is -2.49. The number of benzene rings is 1. The minimum absolute atomic E-state index is 0.240. The molecule has 1 aromatic carbocycles. The van der Waals surface area contributed by atoms with E-state index in [1.54, 1.807) is 5.56 Å². The lowest BCUT2D eigenvalue weighted by Crippen LogP contribution is -2.67. The first-order valence-corrected chi connectivity index (χ1v) is 13.0. The Morgan fingerprint density at radius 2 is 1.94 bits per heavy atom. The van der Waals surface area contributed by atoms with Gasteiger partial charge in [0, 0.05) is 42.2 Å². The van der Waals surface area contributed by atoms with E-state index in [1.165, 1.54) is 55.3 Å². The fraction of sp³-hybridized carbons (Fsp3) is 0.630. The Labute approximate surface area is 196 Å². The molecule has 6 nitrogen and oxygen atoms in total. The Kier molecular flexibility index (Phi) is 4.70. The second-order valence-electron chi connectivity index (χ2n) is 11.2. The van der Waals surface area contributed by atoms with Crippen LogP contribution in [0.2, 0.25) is 0 Å². The van der Waals surface area contributed by atoms with Gasteiger partial charge in [0.15, 0.2) is 0 Å². The predicted molar refractivity (Wildman–Crippen MR) is 129 cm³/mol. The number of anilines is 1. The van der Waals surface area contributed by atoms with Crippen LogP contribution in [0.3, 0.4) is 0 Å². The molecule has 0 amide bonds. The van der Waals surface area contributed by atoms with Gasteiger partial charge in [-0.2, -0.15) is 9.97 Å². The summed E-state index contributed by atoms with van der Waals surface area (Å²) in [6, 6.07) is 11.4. The smallest absolute Gasteiger partial charge is 0.318 e. The second kappa shape index (κ2) is 7.67. The summed E-state index contributed by atoms with van der Waals surface area (Å²) in [5, 5.41) is 3.67. The van der Waals surface area contributed by atoms with Gasteiger partial charge in [-0.05, 0) is 76.1 Å². The predicted octanol–water partition coefficient (Wildman–Crippen LogP) is 2.87. The van der Waals surface area contributed by atoms with Crippen molar-refractivity contribution in [1.29, 1.82) is 0 Å². The van der Waals surface area contributed by atoms with Crippen LogP contribution in [0.5, 0.6) is 6.01 Å². The van der Waals surface area contributed by atoms with Gasteiger partial charge in [0.25, 0.3) is 0 Å². The molecule has 6 aliphatic rings. The average molecular weight is 446 g/mol. The van der Waals surface area contributed by atoms with Gasteiger partial charge in [0.1, 0.15) is 12.4 Å². The van der Waals surface area contributed by atoms with Crippen LogP contribution in [-0.2, 0) is 24.7 Å². The third kappa shape index (κ3) is 3.36. The number of likely N-dealkylation sites (N-methyl/N-ethyl adjacent to an activating group) is 1. The normalized spacial score (nSPS) is 32.5. The van der Waals surface area contributed by atoms with Crippen molar-refractivity contribution in [1.82, 2.24) is 20.2 Å². The monoisotopic (exact) mass is 445 g/mol. The first-order chi connectivity index (χ1) is 16.2. The fourth-order valence-corrected chi connectivity index (χ4v) is 7.25. The number of piperazine rings is 1. The minimum Gasteiger partial charge on any atom is -0.462 e. The number of nitrogens with one attached hydrogen (secondary N) is 1. The van der Waals surface area contributed by atoms with Crippen LogP contribution in [-0.4, -0.2) is 66.3 Å². The zero-order chi connectivity index (χ0) is 22.0. The van der Waals surface area contributed by atoms with Crippen molar-refractivity contribution in [2.24, 2.45) is 0 Å². The maximum absolute atomic E-state index is 6.31. The molecule has 8 rings (SSSR count). The molecule has 1 spiro atoms. The lowest BCUT2D eigenvalue weighted by atomic mass is 9.69. The van der Waals surface area contributed by atoms with Crippen LogP contribution >= 0.6 is 0 Å². The summed E-state index contributed by atoms with van der Waals surface area (Å²) in [5.74, 6) is 1.16. The summed E-state index contributed by atoms with van der Waals surface area (Å²) in [4.78, 5) is 15.1. The third-order valence-corrected chi connectivity index (χ3v) is 9.17. The molecule has 2 aliphatic carbocycles. The van der Waals surface area contributed by atoms with Crippen molar-refractivity contribution >= 4 is 5.82 Å². The lowest BCUT2D eigenvalue weighted by molar-refractivity contribution is 0.186. The van der Waals surface area contributed by atoms with E-state index in [-0.39, 0.29) is 5.41 Å². The highest BCUT2D eigenvalue weighted by Gasteiger charge is 2.44. The number of ether oxygens (including phenoxy) is 1. The van der Waals surface area contributed by atoms with Gasteiger partial charge in [-0.15, -0.1) is 0 Å². The van der Waals surface area contributed by atoms with Crippen LogP contribution in [0.1, 0.15) is 54.5 Å². The van der Waals surface area contributed by atoms with Crippen LogP contribution < -0.4 is 15.0 Å². The molecule has 1 aromatic heterocycles. The van der Waals surface area contributed by atoms with Gasteiger partial charge in [-0.3, -0.25) is 0 Å². The van der Waals surface area contributed by atoms with Crippen molar-refractivity contribution in [2.75, 3.05) is 38.2 Å². The third-order valence-electron chi connectivity index (χ3n) is 9.17. The summed E-state index contributed by atoms with van der Waals surface area (Å²) < 4.78 is 6.31. The van der Waals surface area contributed by atoms with E-state index in [4.69, 9.17) is 14.7 Å². The van der Waals surface area contributed by atoms with Crippen LogP contribution in [0, 0.1) is 0 Å². The topological polar surface area (TPSA) is 53.5 Å². The molecule has 4 saturated heterocycles. The highest BCUT2D eigenvalue weighted by atomic mass is 16.5. The van der Waals surface area contributed by atoms with Gasteiger partial charge < -0.3 is 19.9 Å². The zero-order valence-electron chi connectivity index (χ0n) is 19.7. The Hall–Kier alpha value is -2.18. The molecule has 6 heteroatoms. The number of fused-ring (bicyclic) bond motifs is 5. The Morgan fingerprint density at radius 1 is 1.12 bits per heavy atom. The van der Waals surface area contributed by atoms with E-state index in [1.807, 2.05) is 0 Å². The van der Waals surface area contributed by atoms with Crippen molar-refractivity contribution in [2.45, 2.75) is 74.9 Å². The molecule has 0 radical (unpaired) electrons. The summed E-state index contributed by atoms with van der Waals surface area (Å²) in [6.07, 6.45) is 9.51. The molecular formula is C27H35N5O. The van der Waals surface area contributed by atoms with Crippen molar-refractivity contribution in [3.8, 4) is 6.01 Å². The molecule has 4 atom stereocenters. The van der Waals surface area contributed by atoms with Crippen molar-refractivity contribution in [3.63, 3.8) is 0 Å². The molecule has 1 N–H and O–H groups in total. The highest BCUT2D eigenvalue weighted by Crippen LogP contribution is 2.48. The number of hydrogen-bond acceptors (Lipinski definition) is 6. The zero-order valence-corrected chi connectivity index (χ0v) is 19.7. The molecule has 2 bridgehead atoms. The van der Waals surface area contributed by atoms with E-state index < -0.39 is 0 Å². The number of rotatable bonds is 4. The van der Waals surface area contributed by atoms with E-state index in [2.05, 4.69) is 46.4 Å². The van der Waals surface area contributed by atoms with Crippen molar-refractivity contribution < 1.29 is 4.74 Å². The number of nitrogens with zero attached hydrogens (tertiary/aromatic N) is 4. The maximum Gasteiger partial charge on any atom is 0.318 e. The van der Waals surface area contributed by atoms with Crippen LogP contribution in [0.25, 0.3) is 0 Å². The second-order valence-corrected chi connectivity index (χ2v) is 11.2. The van der Waals surface area contributed by atoms with E-state index in [9.17, 15) is 0 Å². The van der Waals surface area contributed by atoms with Gasteiger partial charge >= 0.3 is 6.01 Å². The highest BCUT2D eigenvalue weighted by molar-refractivity contribution is 5.55. The molecule has 4 fully saturated rings. The van der Waals surface area contributed by atoms with Crippen LogP contribution in [0.4, 0.5) is 5.82 Å². The quantitative estimate of drug-likeness (QED) is 0.781. The Morgan fingerprint density at radius 3 is 2.76 bits per heavy atom. The van der Waals surface area contributed by atoms with Gasteiger partial charge in [0.05, 0.1) is 5.69 Å². The van der Waals surface area contributed by atoms with Crippen molar-refractivity contribution in [3.05, 3.63) is 46.6 Å². The first kappa shape index (κ1) is 20.2. The van der Waals surface area contributed by atoms with Crippen LogP contribution in [0.15, 0.2) is 24.3 Å². The number of aromatic nitrogens is 2. The first-order valence-electron chi connectivity index (χ1n) is 13.0. The number of piperidine rings is 1. The maximum atomic E-state index is 6.31. The number of likely N-dealkylation sites (tertiary alicyclic amines) is 1. The Bertz CT molecular complexity index is 1060. The summed E-state index contributed by atoms with van der Waals surface area (Å²) >= 11 is 0. The molecule has 0 saturated carbocycles. The molecular weight excluding hydrogens is 410 g/mol. The molecule has 33 heavy (non-hydrogen) atoms. The standard InChI is InChI=1S/C27H35N5O/c1-31-12-4-6-21(31)17-33-26-29-24-14-27(10-8-18-5-2-3-7-23(18)27)11-9-22(24)25(30-26)32-15-19-13-20(16-32)28-19/h2-3,5,7,19-21,28H,4,6,8-17H2,1H3/t19?,20?,21-,27?/m0/s1. The molecule has 2 aromatic rings. The summed E-state index contributed by atoms with van der Waals surface area (Å²) in [7, 11) is 2.20. The van der Waals surface area contributed by atoms with Gasteiger partial charge in [-0.1, -0.05) is 24.3 Å². The van der Waals surface area contributed by atoms with E-state index in [0.717, 1.165) is 38.3 Å². The van der Waals surface area contributed by atoms with Gasteiger partial charge in [0.2, 0.25) is 0 Å². The Balaban J connectivity index is 1.23. The minimum atomic E-state index is 0.240. The number of aryl methyl sites for hydroxylation is 1. The van der Waals surface area contributed by atoms with E-state index in [0.29, 0.717) is 30.7 Å². The largest absolute Gasteiger partial charge is 0.462 e. The molecule has 5 heterocycles. The summed E-state index contributed by atoms with van der Waals surface area (Å²) in [5.41, 5.74) is 5.97. The molecule has 3 unspecified atom stereocenters. The number of hydrogen-bond donors (Lipinski definition) is 1. The average Bonchev–Trinajstić information content (AvgIpc) is 3.40. The molecule has 174 valence electrons.